The Hall–Kier alpha value is -2.43. The summed E-state index contributed by atoms with van der Waals surface area (Å²) < 4.78 is 17.8. The topological polar surface area (TPSA) is 59.4 Å². The van der Waals surface area contributed by atoms with Crippen LogP contribution in [0.25, 0.3) is 11.3 Å². The van der Waals surface area contributed by atoms with E-state index < -0.39 is 5.97 Å². The molecule has 0 saturated carbocycles. The van der Waals surface area contributed by atoms with Crippen LogP contribution in [-0.4, -0.2) is 23.2 Å². The van der Waals surface area contributed by atoms with Crippen molar-refractivity contribution in [3.63, 3.8) is 0 Å². The molecule has 0 saturated heterocycles. The Morgan fingerprint density at radius 3 is 2.50 bits per heavy atom. The zero-order chi connectivity index (χ0) is 13.1. The van der Waals surface area contributed by atoms with E-state index in [1.807, 2.05) is 0 Å². The molecule has 2 aromatic rings. The number of benzene rings is 1. The molecule has 1 N–H and O–H groups in total. The van der Waals surface area contributed by atoms with Gasteiger partial charge >= 0.3 is 5.97 Å². The van der Waals surface area contributed by atoms with E-state index in [4.69, 9.17) is 9.84 Å². The fourth-order valence-electron chi connectivity index (χ4n) is 1.50. The van der Waals surface area contributed by atoms with Gasteiger partial charge in [-0.25, -0.2) is 14.2 Å². The summed E-state index contributed by atoms with van der Waals surface area (Å²) in [4.78, 5) is 14.9. The molecule has 0 aliphatic rings. The van der Waals surface area contributed by atoms with E-state index in [0.717, 1.165) is 0 Å². The number of carboxylic acids is 1. The first-order chi connectivity index (χ1) is 8.60. The molecule has 0 spiro atoms. The molecule has 2 rings (SSSR count). The maximum atomic E-state index is 12.8. The number of aromatic carboxylic acids is 1. The average Bonchev–Trinajstić information content (AvgIpc) is 2.39. The Morgan fingerprint density at radius 1 is 1.28 bits per heavy atom. The van der Waals surface area contributed by atoms with Gasteiger partial charge in [0.05, 0.1) is 12.8 Å². The van der Waals surface area contributed by atoms with Crippen molar-refractivity contribution in [2.75, 3.05) is 7.11 Å². The number of hydrogen-bond donors (Lipinski definition) is 1. The summed E-state index contributed by atoms with van der Waals surface area (Å²) in [5.41, 5.74) is 0.929. The minimum atomic E-state index is -1.14. The summed E-state index contributed by atoms with van der Waals surface area (Å²) in [6.45, 7) is 0. The van der Waals surface area contributed by atoms with Crippen molar-refractivity contribution >= 4 is 5.97 Å². The Bertz CT molecular complexity index is 581. The normalized spacial score (nSPS) is 10.1. The van der Waals surface area contributed by atoms with Crippen LogP contribution in [0.15, 0.2) is 36.4 Å². The van der Waals surface area contributed by atoms with Gasteiger partial charge in [0.15, 0.2) is 5.69 Å². The highest BCUT2D eigenvalue weighted by Gasteiger charge is 2.10. The summed E-state index contributed by atoms with van der Waals surface area (Å²) in [5.74, 6) is -1.11. The predicted octanol–water partition coefficient (Wildman–Crippen LogP) is 2.59. The second-order valence-electron chi connectivity index (χ2n) is 3.59. The van der Waals surface area contributed by atoms with Gasteiger partial charge in [-0.3, -0.25) is 0 Å². The number of carbonyl (C=O) groups is 1. The lowest BCUT2D eigenvalue weighted by molar-refractivity contribution is 0.0690. The lowest BCUT2D eigenvalue weighted by atomic mass is 10.1. The molecule has 1 aromatic heterocycles. The molecule has 4 nitrogen and oxygen atoms in total. The average molecular weight is 247 g/mol. The SMILES string of the molecule is COc1cc(C(=O)O)nc(-c2ccc(F)cc2)c1. The predicted molar refractivity (Wildman–Crippen MR) is 63.1 cm³/mol. The third-order valence-corrected chi connectivity index (χ3v) is 2.39. The first-order valence-electron chi connectivity index (χ1n) is 5.15. The Kier molecular flexibility index (Phi) is 3.23. The molecule has 1 aromatic carbocycles. The third kappa shape index (κ3) is 2.45. The Morgan fingerprint density at radius 2 is 1.94 bits per heavy atom. The van der Waals surface area contributed by atoms with Crippen LogP contribution in [0.3, 0.4) is 0 Å². The van der Waals surface area contributed by atoms with Gasteiger partial charge in [-0.2, -0.15) is 0 Å². The van der Waals surface area contributed by atoms with Gasteiger partial charge in [-0.1, -0.05) is 0 Å². The summed E-state index contributed by atoms with van der Waals surface area (Å²) in [7, 11) is 1.44. The molecule has 0 atom stereocenters. The summed E-state index contributed by atoms with van der Waals surface area (Å²) in [6, 6.07) is 8.56. The zero-order valence-electron chi connectivity index (χ0n) is 9.55. The molecule has 0 radical (unpaired) electrons. The molecule has 5 heteroatoms. The summed E-state index contributed by atoms with van der Waals surface area (Å²) >= 11 is 0. The van der Waals surface area contributed by atoms with Crippen LogP contribution in [0, 0.1) is 5.82 Å². The third-order valence-electron chi connectivity index (χ3n) is 2.39. The molecule has 1 heterocycles. The molecule has 0 aliphatic heterocycles. The van der Waals surface area contributed by atoms with E-state index in [-0.39, 0.29) is 11.5 Å². The quantitative estimate of drug-likeness (QED) is 0.905. The lowest BCUT2D eigenvalue weighted by Gasteiger charge is -2.06. The van der Waals surface area contributed by atoms with E-state index in [2.05, 4.69) is 4.98 Å². The number of carboxylic acid groups (broad SMARTS) is 1. The number of ether oxygens (including phenoxy) is 1. The largest absolute Gasteiger partial charge is 0.497 e. The molecular weight excluding hydrogens is 237 g/mol. The number of methoxy groups -OCH3 is 1. The minimum absolute atomic E-state index is 0.117. The van der Waals surface area contributed by atoms with Crippen LogP contribution in [0.1, 0.15) is 10.5 Å². The number of hydrogen-bond acceptors (Lipinski definition) is 3. The molecule has 0 bridgehead atoms. The summed E-state index contributed by atoms with van der Waals surface area (Å²) in [5, 5.41) is 8.94. The van der Waals surface area contributed by atoms with Crippen molar-refractivity contribution in [2.45, 2.75) is 0 Å². The van der Waals surface area contributed by atoms with Crippen LogP contribution in [0.2, 0.25) is 0 Å². The first kappa shape index (κ1) is 12.0. The van der Waals surface area contributed by atoms with E-state index in [9.17, 15) is 9.18 Å². The molecule has 0 amide bonds. The van der Waals surface area contributed by atoms with Crippen LogP contribution in [0.4, 0.5) is 4.39 Å². The van der Waals surface area contributed by atoms with Gasteiger partial charge in [-0.15, -0.1) is 0 Å². The highest BCUT2D eigenvalue weighted by atomic mass is 19.1. The van der Waals surface area contributed by atoms with E-state index in [1.165, 1.54) is 37.4 Å². The van der Waals surface area contributed by atoms with Crippen molar-refractivity contribution in [1.29, 1.82) is 0 Å². The highest BCUT2D eigenvalue weighted by Crippen LogP contribution is 2.23. The molecule has 0 aliphatic carbocycles. The maximum Gasteiger partial charge on any atom is 0.354 e. The number of nitrogens with zero attached hydrogens (tertiary/aromatic N) is 1. The summed E-state index contributed by atoms with van der Waals surface area (Å²) in [6.07, 6.45) is 0. The van der Waals surface area contributed by atoms with Crippen molar-refractivity contribution < 1.29 is 19.0 Å². The lowest BCUT2D eigenvalue weighted by Crippen LogP contribution is -2.02. The van der Waals surface area contributed by atoms with Gasteiger partial charge < -0.3 is 9.84 Å². The number of halogens is 1. The zero-order valence-corrected chi connectivity index (χ0v) is 9.55. The molecular formula is C13H10FNO3. The molecule has 92 valence electrons. The van der Waals surface area contributed by atoms with Gasteiger partial charge in [0, 0.05) is 17.7 Å². The highest BCUT2D eigenvalue weighted by molar-refractivity contribution is 5.86. The van der Waals surface area contributed by atoms with Crippen LogP contribution >= 0.6 is 0 Å². The van der Waals surface area contributed by atoms with E-state index >= 15 is 0 Å². The first-order valence-corrected chi connectivity index (χ1v) is 5.15. The van der Waals surface area contributed by atoms with Crippen molar-refractivity contribution in [2.24, 2.45) is 0 Å². The molecule has 0 unspecified atom stereocenters. The maximum absolute atomic E-state index is 12.8. The Labute approximate surface area is 103 Å². The van der Waals surface area contributed by atoms with Gasteiger partial charge in [0.25, 0.3) is 0 Å². The van der Waals surface area contributed by atoms with Crippen LogP contribution in [-0.2, 0) is 0 Å². The van der Waals surface area contributed by atoms with E-state index in [1.54, 1.807) is 6.07 Å². The van der Waals surface area contributed by atoms with Crippen LogP contribution < -0.4 is 4.74 Å². The van der Waals surface area contributed by atoms with Crippen molar-refractivity contribution in [3.05, 3.63) is 47.9 Å². The molecule has 18 heavy (non-hydrogen) atoms. The second kappa shape index (κ2) is 4.83. The number of rotatable bonds is 3. The number of aromatic nitrogens is 1. The van der Waals surface area contributed by atoms with Crippen molar-refractivity contribution in [1.82, 2.24) is 4.98 Å². The molecule has 0 fully saturated rings. The van der Waals surface area contributed by atoms with Gasteiger partial charge in [0.1, 0.15) is 11.6 Å². The van der Waals surface area contributed by atoms with Crippen molar-refractivity contribution in [3.8, 4) is 17.0 Å². The van der Waals surface area contributed by atoms with Crippen LogP contribution in [0.5, 0.6) is 5.75 Å². The smallest absolute Gasteiger partial charge is 0.354 e. The van der Waals surface area contributed by atoms with Gasteiger partial charge in [0.2, 0.25) is 0 Å². The standard InChI is InChI=1S/C13H10FNO3/c1-18-10-6-11(15-12(7-10)13(16)17)8-2-4-9(14)5-3-8/h2-7H,1H3,(H,16,17). The second-order valence-corrected chi connectivity index (χ2v) is 3.59. The minimum Gasteiger partial charge on any atom is -0.497 e. The van der Waals surface area contributed by atoms with E-state index in [0.29, 0.717) is 17.0 Å². The van der Waals surface area contributed by atoms with Gasteiger partial charge in [-0.05, 0) is 24.3 Å². The monoisotopic (exact) mass is 247 g/mol. The fraction of sp³-hybridized carbons (Fsp3) is 0.0769. The fourth-order valence-corrected chi connectivity index (χ4v) is 1.50. The number of pyridine rings is 1. The Balaban J connectivity index is 2.52.